The number of anilines is 1. The molecule has 1 aliphatic carbocycles. The molecule has 0 aromatic heterocycles. The Kier molecular flexibility index (Phi) is 6.01. The number of para-hydroxylation sites is 1. The Morgan fingerprint density at radius 1 is 1.10 bits per heavy atom. The highest BCUT2D eigenvalue weighted by Gasteiger charge is 2.50. The van der Waals surface area contributed by atoms with E-state index in [9.17, 15) is 14.4 Å². The van der Waals surface area contributed by atoms with Crippen LogP contribution in [0.3, 0.4) is 0 Å². The van der Waals surface area contributed by atoms with Gasteiger partial charge in [-0.3, -0.25) is 14.4 Å². The van der Waals surface area contributed by atoms with Crippen LogP contribution >= 0.6 is 11.6 Å². The van der Waals surface area contributed by atoms with E-state index in [0.717, 1.165) is 24.2 Å². The van der Waals surface area contributed by atoms with Gasteiger partial charge < -0.3 is 15.0 Å². The number of likely N-dealkylation sites (tertiary alicyclic amines) is 1. The van der Waals surface area contributed by atoms with Gasteiger partial charge in [0.05, 0.1) is 29.8 Å². The standard InChI is InChI=1S/C24H25ClN2O4/c1-31-18-10-8-16(9-11-18)24(12-4-5-13-24)23(30)27-15-17(28)14-21(27)22(29)26-20-7-3-2-6-19(20)25/h2-3,6-11,21H,4-5,12-15H2,1H3,(H,26,29)/t21-/m1/s1. The van der Waals surface area contributed by atoms with Gasteiger partial charge >= 0.3 is 0 Å². The summed E-state index contributed by atoms with van der Waals surface area (Å²) in [5.74, 6) is 0.0590. The van der Waals surface area contributed by atoms with Gasteiger partial charge in [0.1, 0.15) is 11.8 Å². The minimum atomic E-state index is -0.841. The molecule has 6 nitrogen and oxygen atoms in total. The molecule has 1 saturated heterocycles. The third-order valence-corrected chi connectivity index (χ3v) is 6.68. The number of benzene rings is 2. The predicted molar refractivity (Wildman–Crippen MR) is 118 cm³/mol. The van der Waals surface area contributed by atoms with E-state index in [0.29, 0.717) is 23.6 Å². The number of Topliss-reactive ketones (excluding diaryl/α,β-unsaturated/α-hetero) is 1. The molecule has 0 bridgehead atoms. The Morgan fingerprint density at radius 2 is 1.77 bits per heavy atom. The molecule has 1 aliphatic heterocycles. The number of ether oxygens (including phenoxy) is 1. The van der Waals surface area contributed by atoms with Crippen LogP contribution in [-0.4, -0.2) is 42.2 Å². The third kappa shape index (κ3) is 4.04. The molecule has 2 amide bonds. The highest BCUT2D eigenvalue weighted by Crippen LogP contribution is 2.44. The van der Waals surface area contributed by atoms with Gasteiger partial charge in [0.15, 0.2) is 5.78 Å². The van der Waals surface area contributed by atoms with Crippen LogP contribution in [0.4, 0.5) is 5.69 Å². The largest absolute Gasteiger partial charge is 0.497 e. The summed E-state index contributed by atoms with van der Waals surface area (Å²) in [5, 5.41) is 3.19. The number of nitrogens with one attached hydrogen (secondary N) is 1. The van der Waals surface area contributed by atoms with E-state index >= 15 is 0 Å². The first-order valence-corrected chi connectivity index (χ1v) is 10.8. The molecule has 1 saturated carbocycles. The molecule has 0 spiro atoms. The summed E-state index contributed by atoms with van der Waals surface area (Å²) in [6, 6.07) is 13.6. The van der Waals surface area contributed by atoms with Crippen molar-refractivity contribution < 1.29 is 19.1 Å². The van der Waals surface area contributed by atoms with E-state index < -0.39 is 17.4 Å². The summed E-state index contributed by atoms with van der Waals surface area (Å²) in [5.41, 5.74) is 0.645. The van der Waals surface area contributed by atoms with Crippen LogP contribution in [0.5, 0.6) is 5.75 Å². The number of carbonyl (C=O) groups is 3. The fourth-order valence-corrected chi connectivity index (χ4v) is 4.89. The van der Waals surface area contributed by atoms with Crippen LogP contribution in [0.2, 0.25) is 5.02 Å². The molecule has 1 N–H and O–H groups in total. The Hall–Kier alpha value is -2.86. The van der Waals surface area contributed by atoms with Crippen molar-refractivity contribution in [2.45, 2.75) is 43.6 Å². The highest BCUT2D eigenvalue weighted by atomic mass is 35.5. The summed E-state index contributed by atoms with van der Waals surface area (Å²) in [4.78, 5) is 40.7. The number of carbonyl (C=O) groups excluding carboxylic acids is 3. The second kappa shape index (κ2) is 8.71. The first kappa shape index (κ1) is 21.4. The molecule has 1 heterocycles. The SMILES string of the molecule is COc1ccc(C2(C(=O)N3CC(=O)C[C@@H]3C(=O)Nc3ccccc3Cl)CCCC2)cc1. The maximum atomic E-state index is 13.8. The van der Waals surface area contributed by atoms with Crippen molar-refractivity contribution in [2.75, 3.05) is 19.0 Å². The quantitative estimate of drug-likeness (QED) is 0.763. The van der Waals surface area contributed by atoms with Crippen LogP contribution in [0.15, 0.2) is 48.5 Å². The van der Waals surface area contributed by atoms with Crippen molar-refractivity contribution in [1.29, 1.82) is 0 Å². The fraction of sp³-hybridized carbons (Fsp3) is 0.375. The number of methoxy groups -OCH3 is 1. The van der Waals surface area contributed by atoms with E-state index in [1.54, 1.807) is 31.4 Å². The molecule has 0 unspecified atom stereocenters. The minimum absolute atomic E-state index is 0.0146. The van der Waals surface area contributed by atoms with Gasteiger partial charge in [-0.25, -0.2) is 0 Å². The summed E-state index contributed by atoms with van der Waals surface area (Å²) in [6.45, 7) is -0.0443. The van der Waals surface area contributed by atoms with Crippen molar-refractivity contribution in [1.82, 2.24) is 4.90 Å². The number of nitrogens with zero attached hydrogens (tertiary/aromatic N) is 1. The maximum Gasteiger partial charge on any atom is 0.247 e. The van der Waals surface area contributed by atoms with Crippen molar-refractivity contribution in [3.05, 3.63) is 59.1 Å². The number of hydrogen-bond donors (Lipinski definition) is 1. The molecule has 1 atom stereocenters. The second-order valence-electron chi connectivity index (χ2n) is 8.18. The zero-order chi connectivity index (χ0) is 22.0. The van der Waals surface area contributed by atoms with Crippen molar-refractivity contribution in [2.24, 2.45) is 0 Å². The van der Waals surface area contributed by atoms with Crippen LogP contribution < -0.4 is 10.1 Å². The zero-order valence-corrected chi connectivity index (χ0v) is 18.2. The predicted octanol–water partition coefficient (Wildman–Crippen LogP) is 3.97. The number of amides is 2. The summed E-state index contributed by atoms with van der Waals surface area (Å²) in [6.07, 6.45) is 3.26. The van der Waals surface area contributed by atoms with E-state index in [-0.39, 0.29) is 24.7 Å². The normalized spacial score (nSPS) is 20.0. The Labute approximate surface area is 186 Å². The van der Waals surface area contributed by atoms with Gasteiger partial charge in [-0.15, -0.1) is 0 Å². The number of ketones is 1. The van der Waals surface area contributed by atoms with Crippen LogP contribution in [0.1, 0.15) is 37.7 Å². The van der Waals surface area contributed by atoms with Gasteiger partial charge in [-0.05, 0) is 42.7 Å². The van der Waals surface area contributed by atoms with Crippen molar-refractivity contribution >= 4 is 34.9 Å². The molecular formula is C24H25ClN2O4. The Balaban J connectivity index is 1.62. The summed E-state index contributed by atoms with van der Waals surface area (Å²) >= 11 is 6.16. The molecule has 2 aromatic carbocycles. The highest BCUT2D eigenvalue weighted by molar-refractivity contribution is 6.33. The molecule has 2 aromatic rings. The molecule has 31 heavy (non-hydrogen) atoms. The average Bonchev–Trinajstić information content (AvgIpc) is 3.43. The zero-order valence-electron chi connectivity index (χ0n) is 17.4. The first-order valence-electron chi connectivity index (χ1n) is 10.5. The molecule has 4 rings (SSSR count). The lowest BCUT2D eigenvalue weighted by molar-refractivity contribution is -0.142. The third-order valence-electron chi connectivity index (χ3n) is 6.35. The lowest BCUT2D eigenvalue weighted by Gasteiger charge is -2.35. The van der Waals surface area contributed by atoms with Gasteiger partial charge in [-0.2, -0.15) is 0 Å². The van der Waals surface area contributed by atoms with Crippen LogP contribution in [-0.2, 0) is 19.8 Å². The lowest BCUT2D eigenvalue weighted by atomic mass is 9.77. The maximum absolute atomic E-state index is 13.8. The van der Waals surface area contributed by atoms with Crippen LogP contribution in [0.25, 0.3) is 0 Å². The second-order valence-corrected chi connectivity index (χ2v) is 8.59. The minimum Gasteiger partial charge on any atom is -0.497 e. The number of halogens is 1. The summed E-state index contributed by atoms with van der Waals surface area (Å²) in [7, 11) is 1.60. The van der Waals surface area contributed by atoms with E-state index in [1.165, 1.54) is 4.90 Å². The smallest absolute Gasteiger partial charge is 0.247 e. The molecular weight excluding hydrogens is 416 g/mol. The Morgan fingerprint density at radius 3 is 2.42 bits per heavy atom. The van der Waals surface area contributed by atoms with Gasteiger partial charge in [0, 0.05) is 6.42 Å². The Bertz CT molecular complexity index is 999. The number of rotatable bonds is 5. The average molecular weight is 441 g/mol. The van der Waals surface area contributed by atoms with E-state index in [1.807, 2.05) is 24.3 Å². The van der Waals surface area contributed by atoms with Gasteiger partial charge in [-0.1, -0.05) is 48.7 Å². The molecule has 2 fully saturated rings. The molecule has 2 aliphatic rings. The lowest BCUT2D eigenvalue weighted by Crippen LogP contribution is -2.51. The van der Waals surface area contributed by atoms with E-state index in [2.05, 4.69) is 5.32 Å². The fourth-order valence-electron chi connectivity index (χ4n) is 4.71. The first-order chi connectivity index (χ1) is 14.9. The van der Waals surface area contributed by atoms with Crippen molar-refractivity contribution in [3.63, 3.8) is 0 Å². The number of hydrogen-bond acceptors (Lipinski definition) is 4. The van der Waals surface area contributed by atoms with Gasteiger partial charge in [0.2, 0.25) is 11.8 Å². The van der Waals surface area contributed by atoms with Crippen molar-refractivity contribution in [3.8, 4) is 5.75 Å². The van der Waals surface area contributed by atoms with Crippen LogP contribution in [0, 0.1) is 0 Å². The monoisotopic (exact) mass is 440 g/mol. The van der Waals surface area contributed by atoms with Gasteiger partial charge in [0.25, 0.3) is 0 Å². The molecule has 7 heteroatoms. The summed E-state index contributed by atoms with van der Waals surface area (Å²) < 4.78 is 5.25. The van der Waals surface area contributed by atoms with E-state index in [4.69, 9.17) is 16.3 Å². The molecule has 162 valence electrons. The topological polar surface area (TPSA) is 75.7 Å². The molecule has 0 radical (unpaired) electrons.